The lowest BCUT2D eigenvalue weighted by Crippen LogP contribution is -2.55. The fraction of sp³-hybridized carbons (Fsp3) is 0.600. The van der Waals surface area contributed by atoms with Crippen LogP contribution in [-0.2, 0) is 6.42 Å². The molecule has 0 radical (unpaired) electrons. The summed E-state index contributed by atoms with van der Waals surface area (Å²) in [5.41, 5.74) is 1.43. The zero-order valence-electron chi connectivity index (χ0n) is 11.5. The first kappa shape index (κ1) is 15.4. The maximum Gasteiger partial charge on any atom is 0.129 e. The Morgan fingerprint density at radius 3 is 2.84 bits per heavy atom. The Morgan fingerprint density at radius 1 is 1.32 bits per heavy atom. The fourth-order valence-electron chi connectivity index (χ4n) is 3.61. The third-order valence-electron chi connectivity index (χ3n) is 4.38. The Balaban J connectivity index is 0.00000133. The molecule has 0 unspecified atom stereocenters. The van der Waals surface area contributed by atoms with Crippen LogP contribution in [0.25, 0.3) is 0 Å². The zero-order valence-corrected chi connectivity index (χ0v) is 14.5. The van der Waals surface area contributed by atoms with E-state index in [4.69, 9.17) is 4.74 Å². The Hall–Kier alpha value is -0.000000000000000111. The van der Waals surface area contributed by atoms with Crippen LogP contribution in [0.2, 0.25) is 0 Å². The Labute approximate surface area is 135 Å². The van der Waals surface area contributed by atoms with Gasteiger partial charge >= 0.3 is 0 Å². The van der Waals surface area contributed by atoms with E-state index in [1.807, 2.05) is 0 Å². The standard InChI is InChI=1S/C15H20INO.ClH/c1-17(2)14-5-3-4-8-15(14)10-11-9-12(16)6-7-13(11)18-15;/h6-7,9,14H,3-5,8,10H2,1-2H3;1H/t14-,15-;/m0./s1. The summed E-state index contributed by atoms with van der Waals surface area (Å²) in [6.07, 6.45) is 6.18. The van der Waals surface area contributed by atoms with E-state index in [1.54, 1.807) is 0 Å². The highest BCUT2D eigenvalue weighted by molar-refractivity contribution is 14.1. The maximum absolute atomic E-state index is 6.42. The molecule has 1 aromatic rings. The Kier molecular flexibility index (Phi) is 4.68. The number of likely N-dealkylation sites (N-methyl/N-ethyl adjacent to an activating group) is 1. The quantitative estimate of drug-likeness (QED) is 0.671. The van der Waals surface area contributed by atoms with Crippen LogP contribution in [0.15, 0.2) is 18.2 Å². The van der Waals surface area contributed by atoms with Gasteiger partial charge in [-0.25, -0.2) is 0 Å². The highest BCUT2D eigenvalue weighted by atomic mass is 127. The van der Waals surface area contributed by atoms with Crippen molar-refractivity contribution < 1.29 is 4.74 Å². The van der Waals surface area contributed by atoms with Crippen molar-refractivity contribution in [2.75, 3.05) is 14.1 Å². The predicted molar refractivity (Wildman–Crippen MR) is 89.4 cm³/mol. The summed E-state index contributed by atoms with van der Waals surface area (Å²) in [4.78, 5) is 2.36. The second kappa shape index (κ2) is 5.78. The highest BCUT2D eigenvalue weighted by Gasteiger charge is 2.48. The van der Waals surface area contributed by atoms with Gasteiger partial charge in [0, 0.05) is 16.0 Å². The normalized spacial score (nSPS) is 28.9. The van der Waals surface area contributed by atoms with Gasteiger partial charge in [-0.1, -0.05) is 6.42 Å². The SMILES string of the molecule is CN(C)[C@H]1CCCC[C@]12Cc1cc(I)ccc1O2.Cl. The zero-order chi connectivity index (χ0) is 12.8. The molecular formula is C15H21ClINO. The number of hydrogen-bond donors (Lipinski definition) is 0. The lowest BCUT2D eigenvalue weighted by Gasteiger charge is -2.44. The first-order valence-corrected chi connectivity index (χ1v) is 7.82. The molecule has 4 heteroatoms. The number of ether oxygens (including phenoxy) is 1. The molecule has 19 heavy (non-hydrogen) atoms. The Bertz CT molecular complexity index is 465. The average Bonchev–Trinajstić information content (AvgIpc) is 2.66. The van der Waals surface area contributed by atoms with Gasteiger partial charge < -0.3 is 9.64 Å². The molecule has 1 aromatic carbocycles. The van der Waals surface area contributed by atoms with Gasteiger partial charge in [0.25, 0.3) is 0 Å². The van der Waals surface area contributed by atoms with E-state index in [-0.39, 0.29) is 18.0 Å². The van der Waals surface area contributed by atoms with Crippen molar-refractivity contribution >= 4 is 35.0 Å². The third kappa shape index (κ3) is 2.74. The number of nitrogens with zero attached hydrogens (tertiary/aromatic N) is 1. The van der Waals surface area contributed by atoms with E-state index < -0.39 is 0 Å². The second-order valence-electron chi connectivity index (χ2n) is 5.82. The van der Waals surface area contributed by atoms with Crippen LogP contribution in [-0.4, -0.2) is 30.6 Å². The molecule has 2 atom stereocenters. The van der Waals surface area contributed by atoms with Crippen LogP contribution >= 0.6 is 35.0 Å². The molecule has 1 aliphatic heterocycles. The molecule has 1 fully saturated rings. The number of halogens is 2. The van der Waals surface area contributed by atoms with Gasteiger partial charge in [0.15, 0.2) is 0 Å². The molecule has 106 valence electrons. The summed E-state index contributed by atoms with van der Waals surface area (Å²) < 4.78 is 7.73. The maximum atomic E-state index is 6.42. The molecule has 0 N–H and O–H groups in total. The monoisotopic (exact) mass is 393 g/mol. The van der Waals surface area contributed by atoms with E-state index in [1.165, 1.54) is 34.8 Å². The largest absolute Gasteiger partial charge is 0.485 e. The van der Waals surface area contributed by atoms with Gasteiger partial charge in [-0.2, -0.15) is 0 Å². The Morgan fingerprint density at radius 2 is 2.11 bits per heavy atom. The van der Waals surface area contributed by atoms with Gasteiger partial charge in [0.1, 0.15) is 11.4 Å². The first-order chi connectivity index (χ1) is 8.61. The summed E-state index contributed by atoms with van der Waals surface area (Å²) in [6.45, 7) is 0. The lowest BCUT2D eigenvalue weighted by molar-refractivity contribution is -0.0222. The number of hydrogen-bond acceptors (Lipinski definition) is 2. The molecule has 0 aromatic heterocycles. The van der Waals surface area contributed by atoms with E-state index >= 15 is 0 Å². The molecule has 0 amide bonds. The fourth-order valence-corrected chi connectivity index (χ4v) is 4.16. The minimum absolute atomic E-state index is 0. The molecule has 1 saturated carbocycles. The minimum atomic E-state index is 0. The number of benzene rings is 1. The minimum Gasteiger partial charge on any atom is -0.485 e. The van der Waals surface area contributed by atoms with Crippen molar-refractivity contribution in [1.29, 1.82) is 0 Å². The van der Waals surface area contributed by atoms with E-state index in [9.17, 15) is 0 Å². The van der Waals surface area contributed by atoms with Crippen LogP contribution in [0.5, 0.6) is 5.75 Å². The van der Waals surface area contributed by atoms with Gasteiger partial charge in [-0.15, -0.1) is 12.4 Å². The summed E-state index contributed by atoms with van der Waals surface area (Å²) in [5.74, 6) is 1.11. The van der Waals surface area contributed by atoms with Crippen molar-refractivity contribution in [3.63, 3.8) is 0 Å². The molecule has 0 saturated heterocycles. The van der Waals surface area contributed by atoms with Crippen molar-refractivity contribution in [2.45, 2.75) is 43.7 Å². The number of fused-ring (bicyclic) bond motifs is 1. The summed E-state index contributed by atoms with van der Waals surface area (Å²) in [7, 11) is 4.38. The van der Waals surface area contributed by atoms with Crippen LogP contribution in [0.1, 0.15) is 31.2 Å². The van der Waals surface area contributed by atoms with Gasteiger partial charge in [0.2, 0.25) is 0 Å². The second-order valence-corrected chi connectivity index (χ2v) is 7.07. The topological polar surface area (TPSA) is 12.5 Å². The van der Waals surface area contributed by atoms with Crippen molar-refractivity contribution in [1.82, 2.24) is 4.90 Å². The molecule has 1 aliphatic carbocycles. The molecule has 2 nitrogen and oxygen atoms in total. The summed E-state index contributed by atoms with van der Waals surface area (Å²) in [6, 6.07) is 7.13. The molecule has 2 aliphatic rings. The van der Waals surface area contributed by atoms with Gasteiger partial charge in [-0.3, -0.25) is 0 Å². The van der Waals surface area contributed by atoms with Gasteiger partial charge in [-0.05, 0) is 79.7 Å². The van der Waals surface area contributed by atoms with Crippen LogP contribution in [0, 0.1) is 3.57 Å². The molecule has 1 spiro atoms. The van der Waals surface area contributed by atoms with E-state index in [2.05, 4.69) is 59.8 Å². The van der Waals surface area contributed by atoms with Crippen LogP contribution in [0.3, 0.4) is 0 Å². The van der Waals surface area contributed by atoms with Crippen molar-refractivity contribution in [3.05, 3.63) is 27.3 Å². The first-order valence-electron chi connectivity index (χ1n) is 6.75. The molecular weight excluding hydrogens is 373 g/mol. The highest BCUT2D eigenvalue weighted by Crippen LogP contribution is 2.45. The van der Waals surface area contributed by atoms with Crippen LogP contribution in [0.4, 0.5) is 0 Å². The molecule has 1 heterocycles. The summed E-state index contributed by atoms with van der Waals surface area (Å²) >= 11 is 2.39. The number of rotatable bonds is 1. The lowest BCUT2D eigenvalue weighted by atomic mass is 9.77. The van der Waals surface area contributed by atoms with E-state index in [0.29, 0.717) is 6.04 Å². The molecule has 0 bridgehead atoms. The average molecular weight is 394 g/mol. The smallest absolute Gasteiger partial charge is 0.129 e. The van der Waals surface area contributed by atoms with Crippen LogP contribution < -0.4 is 4.74 Å². The molecule has 3 rings (SSSR count). The summed E-state index contributed by atoms with van der Waals surface area (Å²) in [5, 5.41) is 0. The third-order valence-corrected chi connectivity index (χ3v) is 5.05. The van der Waals surface area contributed by atoms with Gasteiger partial charge in [0.05, 0.1) is 0 Å². The predicted octanol–water partition coefficient (Wildman–Crippen LogP) is 3.89. The van der Waals surface area contributed by atoms with Crippen molar-refractivity contribution in [3.8, 4) is 5.75 Å². The van der Waals surface area contributed by atoms with Crippen molar-refractivity contribution in [2.24, 2.45) is 0 Å². The van der Waals surface area contributed by atoms with E-state index in [0.717, 1.165) is 12.2 Å².